The van der Waals surface area contributed by atoms with E-state index in [1.807, 2.05) is 32.5 Å². The van der Waals surface area contributed by atoms with Gasteiger partial charge in [0, 0.05) is 26.7 Å². The van der Waals surface area contributed by atoms with Gasteiger partial charge in [0.15, 0.2) is 5.96 Å². The Balaban J connectivity index is 0. The fourth-order valence-electron chi connectivity index (χ4n) is 1.44. The fraction of sp³-hybridized carbons (Fsp3) is 0.857. The van der Waals surface area contributed by atoms with Gasteiger partial charge in [0.05, 0.1) is 0 Å². The van der Waals surface area contributed by atoms with Crippen LogP contribution in [0.4, 0.5) is 4.79 Å². The third-order valence-corrected chi connectivity index (χ3v) is 3.05. The first-order chi connectivity index (χ1) is 9.89. The molecule has 0 unspecified atom stereocenters. The van der Waals surface area contributed by atoms with Crippen LogP contribution in [0.15, 0.2) is 4.99 Å². The van der Waals surface area contributed by atoms with Crippen molar-refractivity contribution in [1.82, 2.24) is 16.0 Å². The Bertz CT molecular complexity index is 322. The number of thioether (sulfide) groups is 1. The van der Waals surface area contributed by atoms with Crippen LogP contribution in [-0.4, -0.2) is 56.3 Å². The summed E-state index contributed by atoms with van der Waals surface area (Å²) in [5.41, 5.74) is -0.453. The van der Waals surface area contributed by atoms with E-state index in [1.54, 1.807) is 7.05 Å². The zero-order valence-corrected chi connectivity index (χ0v) is 17.5. The molecule has 0 saturated carbocycles. The van der Waals surface area contributed by atoms with Gasteiger partial charge in [-0.1, -0.05) is 0 Å². The van der Waals surface area contributed by atoms with Crippen molar-refractivity contribution < 1.29 is 9.53 Å². The van der Waals surface area contributed by atoms with Crippen molar-refractivity contribution in [3.8, 4) is 0 Å². The minimum atomic E-state index is -0.453. The molecule has 132 valence electrons. The number of nitrogens with zero attached hydrogens (tertiary/aromatic N) is 1. The molecule has 0 aromatic heterocycles. The van der Waals surface area contributed by atoms with Gasteiger partial charge in [-0.3, -0.25) is 4.99 Å². The SMILES string of the molecule is CN=C(NCCCNC(=O)OC(C)(C)C)NCCCSC.I. The summed E-state index contributed by atoms with van der Waals surface area (Å²) in [6, 6.07) is 0. The normalized spacial score (nSPS) is 11.4. The predicted octanol–water partition coefficient (Wildman–Crippen LogP) is 2.44. The Morgan fingerprint density at radius 3 is 2.14 bits per heavy atom. The molecule has 0 aromatic rings. The first-order valence-electron chi connectivity index (χ1n) is 7.29. The molecule has 0 fully saturated rings. The summed E-state index contributed by atoms with van der Waals surface area (Å²) in [5, 5.41) is 9.18. The predicted molar refractivity (Wildman–Crippen MR) is 107 cm³/mol. The molecule has 0 aliphatic rings. The summed E-state index contributed by atoms with van der Waals surface area (Å²) in [7, 11) is 1.75. The first kappa shape index (κ1) is 23.9. The van der Waals surface area contributed by atoms with E-state index in [0.717, 1.165) is 37.6 Å². The van der Waals surface area contributed by atoms with Gasteiger partial charge in [0.2, 0.25) is 0 Å². The third kappa shape index (κ3) is 16.0. The molecule has 0 aliphatic heterocycles. The van der Waals surface area contributed by atoms with E-state index in [0.29, 0.717) is 6.54 Å². The summed E-state index contributed by atoms with van der Waals surface area (Å²) < 4.78 is 5.15. The van der Waals surface area contributed by atoms with Crippen LogP contribution in [0.1, 0.15) is 33.6 Å². The zero-order chi connectivity index (χ0) is 16.1. The van der Waals surface area contributed by atoms with Gasteiger partial charge in [-0.2, -0.15) is 11.8 Å². The van der Waals surface area contributed by atoms with Gasteiger partial charge < -0.3 is 20.7 Å². The Hall–Kier alpha value is -0.380. The van der Waals surface area contributed by atoms with E-state index < -0.39 is 5.60 Å². The largest absolute Gasteiger partial charge is 0.444 e. The number of alkyl carbamates (subject to hydrolysis) is 1. The van der Waals surface area contributed by atoms with Gasteiger partial charge in [0.25, 0.3) is 0 Å². The number of hydrogen-bond acceptors (Lipinski definition) is 4. The summed E-state index contributed by atoms with van der Waals surface area (Å²) >= 11 is 1.84. The van der Waals surface area contributed by atoms with Gasteiger partial charge in [-0.15, -0.1) is 24.0 Å². The van der Waals surface area contributed by atoms with Crippen molar-refractivity contribution in [2.75, 3.05) is 38.7 Å². The topological polar surface area (TPSA) is 74.8 Å². The van der Waals surface area contributed by atoms with Crippen LogP contribution < -0.4 is 16.0 Å². The maximum Gasteiger partial charge on any atom is 0.407 e. The van der Waals surface area contributed by atoms with Crippen LogP contribution in [0.3, 0.4) is 0 Å². The molecular weight excluding hydrogens is 415 g/mol. The van der Waals surface area contributed by atoms with E-state index in [1.165, 1.54) is 0 Å². The van der Waals surface area contributed by atoms with Gasteiger partial charge in [0.1, 0.15) is 5.60 Å². The highest BCUT2D eigenvalue weighted by molar-refractivity contribution is 14.0. The van der Waals surface area contributed by atoms with E-state index in [2.05, 4.69) is 27.2 Å². The van der Waals surface area contributed by atoms with Crippen molar-refractivity contribution in [2.24, 2.45) is 4.99 Å². The number of halogens is 1. The average molecular weight is 446 g/mol. The lowest BCUT2D eigenvalue weighted by molar-refractivity contribution is 0.0527. The molecule has 0 aromatic carbocycles. The number of ether oxygens (including phenoxy) is 1. The van der Waals surface area contributed by atoms with E-state index in [-0.39, 0.29) is 30.1 Å². The molecule has 0 aliphatic carbocycles. The van der Waals surface area contributed by atoms with Gasteiger partial charge in [-0.25, -0.2) is 4.79 Å². The van der Waals surface area contributed by atoms with Crippen molar-refractivity contribution in [1.29, 1.82) is 0 Å². The smallest absolute Gasteiger partial charge is 0.407 e. The number of guanidine groups is 1. The number of aliphatic imine (C=N–C) groups is 1. The minimum Gasteiger partial charge on any atom is -0.444 e. The molecule has 0 rings (SSSR count). The Morgan fingerprint density at radius 2 is 1.64 bits per heavy atom. The number of rotatable bonds is 8. The maximum absolute atomic E-state index is 11.4. The number of carbonyl (C=O) groups excluding carboxylic acids is 1. The van der Waals surface area contributed by atoms with Crippen molar-refractivity contribution in [3.05, 3.63) is 0 Å². The standard InChI is InChI=1S/C14H30N4O2S.HI/c1-14(2,3)20-13(19)18-9-6-8-16-12(15-4)17-10-7-11-21-5;/h6-11H2,1-5H3,(H,18,19)(H2,15,16,17);1H. The Labute approximate surface area is 156 Å². The average Bonchev–Trinajstić information content (AvgIpc) is 2.38. The Kier molecular flexibility index (Phi) is 15.4. The molecule has 0 bridgehead atoms. The molecule has 8 heteroatoms. The number of amides is 1. The molecule has 0 atom stereocenters. The second kappa shape index (κ2) is 14.2. The number of hydrogen-bond donors (Lipinski definition) is 3. The molecule has 0 heterocycles. The van der Waals surface area contributed by atoms with Crippen molar-refractivity contribution in [3.63, 3.8) is 0 Å². The monoisotopic (exact) mass is 446 g/mol. The molecule has 0 saturated heterocycles. The summed E-state index contributed by atoms with van der Waals surface area (Å²) in [4.78, 5) is 15.6. The lowest BCUT2D eigenvalue weighted by Crippen LogP contribution is -2.39. The van der Waals surface area contributed by atoms with Crippen molar-refractivity contribution >= 4 is 47.8 Å². The van der Waals surface area contributed by atoms with Crippen LogP contribution in [0.5, 0.6) is 0 Å². The van der Waals surface area contributed by atoms with Crippen LogP contribution in [0.2, 0.25) is 0 Å². The first-order valence-corrected chi connectivity index (χ1v) is 8.68. The highest BCUT2D eigenvalue weighted by Gasteiger charge is 2.15. The van der Waals surface area contributed by atoms with E-state index in [4.69, 9.17) is 4.74 Å². The van der Waals surface area contributed by atoms with Gasteiger partial charge >= 0.3 is 6.09 Å². The second-order valence-electron chi connectivity index (χ2n) is 5.55. The summed E-state index contributed by atoms with van der Waals surface area (Å²) in [5.74, 6) is 1.94. The van der Waals surface area contributed by atoms with E-state index >= 15 is 0 Å². The third-order valence-electron chi connectivity index (χ3n) is 2.36. The second-order valence-corrected chi connectivity index (χ2v) is 6.54. The quantitative estimate of drug-likeness (QED) is 0.231. The van der Waals surface area contributed by atoms with Crippen LogP contribution in [0, 0.1) is 0 Å². The van der Waals surface area contributed by atoms with Crippen LogP contribution >= 0.6 is 35.7 Å². The van der Waals surface area contributed by atoms with E-state index in [9.17, 15) is 4.79 Å². The maximum atomic E-state index is 11.4. The summed E-state index contributed by atoms with van der Waals surface area (Å²) in [6.45, 7) is 7.78. The molecule has 0 spiro atoms. The summed E-state index contributed by atoms with van der Waals surface area (Å²) in [6.07, 6.45) is 3.65. The Morgan fingerprint density at radius 1 is 1.09 bits per heavy atom. The van der Waals surface area contributed by atoms with Crippen LogP contribution in [0.25, 0.3) is 0 Å². The molecular formula is C14H31IN4O2S. The zero-order valence-electron chi connectivity index (χ0n) is 14.3. The highest BCUT2D eigenvalue weighted by atomic mass is 127. The van der Waals surface area contributed by atoms with Gasteiger partial charge in [-0.05, 0) is 45.6 Å². The molecule has 6 nitrogen and oxygen atoms in total. The molecule has 1 amide bonds. The lowest BCUT2D eigenvalue weighted by atomic mass is 10.2. The highest BCUT2D eigenvalue weighted by Crippen LogP contribution is 2.06. The van der Waals surface area contributed by atoms with Crippen LogP contribution in [-0.2, 0) is 4.74 Å². The fourth-order valence-corrected chi connectivity index (χ4v) is 1.88. The number of nitrogens with one attached hydrogen (secondary N) is 3. The number of carbonyl (C=O) groups is 1. The molecule has 3 N–H and O–H groups in total. The molecule has 22 heavy (non-hydrogen) atoms. The lowest BCUT2D eigenvalue weighted by Gasteiger charge is -2.19. The minimum absolute atomic E-state index is 0. The molecule has 0 radical (unpaired) electrons. The van der Waals surface area contributed by atoms with Crippen molar-refractivity contribution in [2.45, 2.75) is 39.2 Å².